The van der Waals surface area contributed by atoms with Crippen LogP contribution in [0.5, 0.6) is 0 Å². The summed E-state index contributed by atoms with van der Waals surface area (Å²) in [7, 11) is -3.72. The molecule has 4 rings (SSSR count). The highest BCUT2D eigenvalue weighted by molar-refractivity contribution is 7.54. The van der Waals surface area contributed by atoms with Crippen molar-refractivity contribution < 1.29 is 18.0 Å². The zero-order valence-electron chi connectivity index (χ0n) is 20.0. The molecule has 0 aliphatic carbocycles. The minimum atomic E-state index is -3.72. The summed E-state index contributed by atoms with van der Waals surface area (Å²) in [5.41, 5.74) is 4.72. The van der Waals surface area contributed by atoms with Crippen molar-refractivity contribution in [3.63, 3.8) is 0 Å². The van der Waals surface area contributed by atoms with Gasteiger partial charge < -0.3 is 14.4 Å². The van der Waals surface area contributed by atoms with Crippen LogP contribution in [0, 0.1) is 12.7 Å². The fraction of sp³-hybridized carbons (Fsp3) is 0.222. The summed E-state index contributed by atoms with van der Waals surface area (Å²) in [5, 5.41) is 8.16. The van der Waals surface area contributed by atoms with Crippen LogP contribution in [0.3, 0.4) is 0 Å². The van der Waals surface area contributed by atoms with E-state index >= 15 is 0 Å². The normalized spacial score (nSPS) is 12.5. The van der Waals surface area contributed by atoms with Gasteiger partial charge in [0.15, 0.2) is 5.78 Å². The highest BCUT2D eigenvalue weighted by Gasteiger charge is 2.40. The Morgan fingerprint density at radius 1 is 0.943 bits per heavy atom. The summed E-state index contributed by atoms with van der Waals surface area (Å²) in [6.07, 6.45) is 1.84. The molecule has 0 fully saturated rings. The average Bonchev–Trinajstić information content (AvgIpc) is 3.30. The number of hydrogen-bond donors (Lipinski definition) is 1. The largest absolute Gasteiger partial charge is 0.368 e. The van der Waals surface area contributed by atoms with Crippen molar-refractivity contribution in [2.45, 2.75) is 26.6 Å². The Kier molecular flexibility index (Phi) is 7.81. The molecule has 4 aromatic rings. The molecule has 3 aromatic carbocycles. The summed E-state index contributed by atoms with van der Waals surface area (Å²) in [4.78, 5) is 0. The molecule has 1 N–H and O–H groups in total. The summed E-state index contributed by atoms with van der Waals surface area (Å²) >= 11 is 0. The minimum absolute atomic E-state index is 0.200. The molecule has 0 radical (unpaired) electrons. The number of para-hydroxylation sites is 1. The number of halogens is 1. The van der Waals surface area contributed by atoms with Crippen molar-refractivity contribution in [3.8, 4) is 16.9 Å². The number of aryl methyl sites for hydroxylation is 1. The molecule has 35 heavy (non-hydrogen) atoms. The number of nitrogens with one attached hydrogen (secondary N) is 1. The number of anilines is 1. The van der Waals surface area contributed by atoms with Gasteiger partial charge in [0.1, 0.15) is 5.82 Å². The van der Waals surface area contributed by atoms with E-state index in [1.54, 1.807) is 30.7 Å². The highest BCUT2D eigenvalue weighted by Crippen LogP contribution is 2.62. The van der Waals surface area contributed by atoms with Gasteiger partial charge in [-0.25, -0.2) is 9.07 Å². The molecule has 1 aromatic heterocycles. The Morgan fingerprint density at radius 2 is 1.57 bits per heavy atom. The zero-order valence-corrected chi connectivity index (χ0v) is 20.9. The van der Waals surface area contributed by atoms with Gasteiger partial charge in [-0.05, 0) is 57.2 Å². The predicted molar refractivity (Wildman–Crippen MR) is 137 cm³/mol. The summed E-state index contributed by atoms with van der Waals surface area (Å²) in [6.45, 7) is 5.96. The fourth-order valence-electron chi connectivity index (χ4n) is 3.81. The van der Waals surface area contributed by atoms with E-state index in [0.29, 0.717) is 16.9 Å². The van der Waals surface area contributed by atoms with Gasteiger partial charge in [0.2, 0.25) is 0 Å². The zero-order chi connectivity index (χ0) is 24.8. The third-order valence-electron chi connectivity index (χ3n) is 5.46. The molecule has 0 aliphatic rings. The molecule has 1 unspecified atom stereocenters. The van der Waals surface area contributed by atoms with Crippen LogP contribution in [0.4, 0.5) is 10.1 Å². The Morgan fingerprint density at radius 3 is 2.17 bits per heavy atom. The first-order valence-corrected chi connectivity index (χ1v) is 13.2. The maximum Gasteiger partial charge on any atom is 0.357 e. The van der Waals surface area contributed by atoms with Gasteiger partial charge in [-0.15, -0.1) is 0 Å². The molecule has 0 saturated heterocycles. The Hall–Kier alpha value is -3.25. The quantitative estimate of drug-likeness (QED) is 0.234. The Bertz CT molecular complexity index is 1280. The molecular weight excluding hydrogens is 464 g/mol. The lowest BCUT2D eigenvalue weighted by Crippen LogP contribution is -2.15. The van der Waals surface area contributed by atoms with Crippen molar-refractivity contribution in [1.82, 2.24) is 9.78 Å². The van der Waals surface area contributed by atoms with Crippen LogP contribution in [-0.2, 0) is 13.6 Å². The van der Waals surface area contributed by atoms with Gasteiger partial charge in [0.25, 0.3) is 0 Å². The number of benzene rings is 3. The van der Waals surface area contributed by atoms with Crippen LogP contribution in [0.2, 0.25) is 0 Å². The summed E-state index contributed by atoms with van der Waals surface area (Å²) in [5.74, 6) is -1.25. The van der Waals surface area contributed by atoms with E-state index in [1.165, 1.54) is 12.1 Å². The third-order valence-corrected chi connectivity index (χ3v) is 7.74. The second-order valence-corrected chi connectivity index (χ2v) is 10.1. The minimum Gasteiger partial charge on any atom is -0.368 e. The van der Waals surface area contributed by atoms with E-state index < -0.39 is 13.4 Å². The topological polar surface area (TPSA) is 65.4 Å². The van der Waals surface area contributed by atoms with E-state index in [2.05, 4.69) is 5.32 Å². The maximum absolute atomic E-state index is 14.2. The number of rotatable bonds is 10. The van der Waals surface area contributed by atoms with Crippen molar-refractivity contribution in [2.75, 3.05) is 18.5 Å². The van der Waals surface area contributed by atoms with Crippen LogP contribution < -0.4 is 5.32 Å². The second kappa shape index (κ2) is 11.0. The molecule has 8 heteroatoms. The maximum atomic E-state index is 14.2. The van der Waals surface area contributed by atoms with Gasteiger partial charge >= 0.3 is 7.60 Å². The second-order valence-electron chi connectivity index (χ2n) is 8.01. The fourth-order valence-corrected chi connectivity index (χ4v) is 5.74. The van der Waals surface area contributed by atoms with E-state index in [0.717, 1.165) is 16.8 Å². The standard InChI is InChI=1S/C27H29FN3O3P/c1-4-33-35(32,34-5-2)27(29-23-17-15-22(28)16-18-23)25-19-31(24-9-7-6-8-10-24)30-26(25)21-13-11-20(3)12-14-21/h6-19,27,29H,4-5H2,1-3H3. The van der Waals surface area contributed by atoms with Crippen LogP contribution in [0.1, 0.15) is 30.8 Å². The summed E-state index contributed by atoms with van der Waals surface area (Å²) < 4.78 is 41.0. The van der Waals surface area contributed by atoms with Crippen molar-refractivity contribution >= 4 is 13.3 Å². The van der Waals surface area contributed by atoms with Gasteiger partial charge in [-0.3, -0.25) is 4.57 Å². The molecule has 1 heterocycles. The molecular formula is C27H29FN3O3P. The first-order chi connectivity index (χ1) is 16.9. The molecule has 182 valence electrons. The van der Waals surface area contributed by atoms with E-state index in [-0.39, 0.29) is 19.0 Å². The number of hydrogen-bond acceptors (Lipinski definition) is 5. The summed E-state index contributed by atoms with van der Waals surface area (Å²) in [6, 6.07) is 23.6. The number of aromatic nitrogens is 2. The molecule has 1 atom stereocenters. The Labute approximate surface area is 205 Å². The third kappa shape index (κ3) is 5.70. The number of nitrogens with zero attached hydrogens (tertiary/aromatic N) is 2. The smallest absolute Gasteiger partial charge is 0.357 e. The van der Waals surface area contributed by atoms with Crippen LogP contribution >= 0.6 is 7.60 Å². The van der Waals surface area contributed by atoms with Crippen LogP contribution in [-0.4, -0.2) is 23.0 Å². The van der Waals surface area contributed by atoms with Gasteiger partial charge in [-0.2, -0.15) is 5.10 Å². The predicted octanol–water partition coefficient (Wildman–Crippen LogP) is 7.36. The lowest BCUT2D eigenvalue weighted by Gasteiger charge is -2.28. The van der Waals surface area contributed by atoms with Crippen molar-refractivity contribution in [2.24, 2.45) is 0 Å². The molecule has 0 amide bonds. The van der Waals surface area contributed by atoms with E-state index in [1.807, 2.05) is 67.7 Å². The lowest BCUT2D eigenvalue weighted by atomic mass is 10.1. The first kappa shape index (κ1) is 24.9. The van der Waals surface area contributed by atoms with E-state index in [9.17, 15) is 8.96 Å². The average molecular weight is 494 g/mol. The van der Waals surface area contributed by atoms with Gasteiger partial charge in [0, 0.05) is 23.0 Å². The first-order valence-electron chi connectivity index (χ1n) is 11.6. The lowest BCUT2D eigenvalue weighted by molar-refractivity contribution is 0.214. The molecule has 0 spiro atoms. The monoisotopic (exact) mass is 493 g/mol. The molecule has 6 nitrogen and oxygen atoms in total. The molecule has 0 saturated carbocycles. The van der Waals surface area contributed by atoms with Crippen molar-refractivity contribution in [3.05, 3.63) is 102 Å². The SMILES string of the molecule is CCOP(=O)(OCC)C(Nc1ccc(F)cc1)c1cn(-c2ccccc2)nc1-c1ccc(C)cc1. The molecule has 0 aliphatic heterocycles. The highest BCUT2D eigenvalue weighted by atomic mass is 31.2. The van der Waals surface area contributed by atoms with Crippen LogP contribution in [0.25, 0.3) is 16.9 Å². The van der Waals surface area contributed by atoms with Gasteiger partial charge in [0.05, 0.1) is 24.6 Å². The van der Waals surface area contributed by atoms with Crippen LogP contribution in [0.15, 0.2) is 85.1 Å². The molecule has 0 bridgehead atoms. The van der Waals surface area contributed by atoms with Gasteiger partial charge in [-0.1, -0.05) is 48.0 Å². The van der Waals surface area contributed by atoms with Crippen molar-refractivity contribution in [1.29, 1.82) is 0 Å². The van der Waals surface area contributed by atoms with E-state index in [4.69, 9.17) is 14.1 Å². The Balaban J connectivity index is 1.91.